The van der Waals surface area contributed by atoms with Gasteiger partial charge in [0, 0.05) is 29.8 Å². The van der Waals surface area contributed by atoms with E-state index in [-0.39, 0.29) is 5.56 Å². The molecule has 0 aliphatic rings. The minimum absolute atomic E-state index is 0.0316. The number of para-hydroxylation sites is 1. The van der Waals surface area contributed by atoms with Crippen LogP contribution in [-0.4, -0.2) is 16.7 Å². The summed E-state index contributed by atoms with van der Waals surface area (Å²) < 4.78 is 12.3. The van der Waals surface area contributed by atoms with Crippen LogP contribution in [0.1, 0.15) is 25.8 Å². The van der Waals surface area contributed by atoms with Gasteiger partial charge in [0.05, 0.1) is 18.0 Å². The molecular formula is C24H24N2O4S. The number of ether oxygens (including phenoxy) is 1. The van der Waals surface area contributed by atoms with Crippen molar-refractivity contribution < 1.29 is 9.15 Å². The van der Waals surface area contributed by atoms with E-state index < -0.39 is 5.63 Å². The van der Waals surface area contributed by atoms with Gasteiger partial charge in [0.25, 0.3) is 5.56 Å². The van der Waals surface area contributed by atoms with Gasteiger partial charge in [-0.3, -0.25) is 9.36 Å². The molecule has 4 aromatic rings. The summed E-state index contributed by atoms with van der Waals surface area (Å²) >= 11 is 1.45. The highest BCUT2D eigenvalue weighted by atomic mass is 32.2. The second kappa shape index (κ2) is 8.98. The summed E-state index contributed by atoms with van der Waals surface area (Å²) in [6.07, 6.45) is 0.880. The molecule has 2 aromatic carbocycles. The van der Waals surface area contributed by atoms with E-state index in [0.29, 0.717) is 45.6 Å². The SMILES string of the molecule is COc1ccc2c(CSc3nc4ccccc4c(=O)n3CCC(C)C)cc(=O)oc2c1. The average Bonchev–Trinajstić information content (AvgIpc) is 2.76. The molecule has 2 heterocycles. The van der Waals surface area contributed by atoms with Crippen LogP contribution in [0.2, 0.25) is 0 Å². The third kappa shape index (κ3) is 4.51. The fourth-order valence-corrected chi connectivity index (χ4v) is 4.46. The second-order valence-electron chi connectivity index (χ2n) is 7.79. The molecule has 0 saturated heterocycles. The van der Waals surface area contributed by atoms with Crippen LogP contribution < -0.4 is 15.9 Å². The third-order valence-corrected chi connectivity index (χ3v) is 6.18. The van der Waals surface area contributed by atoms with E-state index in [4.69, 9.17) is 14.1 Å². The predicted molar refractivity (Wildman–Crippen MR) is 124 cm³/mol. The zero-order valence-corrected chi connectivity index (χ0v) is 18.6. The van der Waals surface area contributed by atoms with Gasteiger partial charge in [-0.25, -0.2) is 9.78 Å². The molecule has 0 spiro atoms. The van der Waals surface area contributed by atoms with Crippen molar-refractivity contribution in [2.45, 2.75) is 37.7 Å². The quantitative estimate of drug-likeness (QED) is 0.234. The number of aromatic nitrogens is 2. The smallest absolute Gasteiger partial charge is 0.336 e. The van der Waals surface area contributed by atoms with Gasteiger partial charge in [0.15, 0.2) is 5.16 Å². The van der Waals surface area contributed by atoms with Gasteiger partial charge in [0.2, 0.25) is 0 Å². The minimum Gasteiger partial charge on any atom is -0.497 e. The summed E-state index contributed by atoms with van der Waals surface area (Å²) in [6, 6.07) is 14.3. The lowest BCUT2D eigenvalue weighted by atomic mass is 10.1. The Morgan fingerprint density at radius 2 is 1.90 bits per heavy atom. The highest BCUT2D eigenvalue weighted by Crippen LogP contribution is 2.28. The Morgan fingerprint density at radius 1 is 1.10 bits per heavy atom. The number of hydrogen-bond acceptors (Lipinski definition) is 6. The van der Waals surface area contributed by atoms with Crippen molar-refractivity contribution in [3.8, 4) is 5.75 Å². The largest absolute Gasteiger partial charge is 0.497 e. The lowest BCUT2D eigenvalue weighted by Gasteiger charge is -2.14. The van der Waals surface area contributed by atoms with Gasteiger partial charge in [-0.05, 0) is 42.2 Å². The highest BCUT2D eigenvalue weighted by Gasteiger charge is 2.14. The first-order valence-corrected chi connectivity index (χ1v) is 11.2. The van der Waals surface area contributed by atoms with Crippen LogP contribution in [0.3, 0.4) is 0 Å². The molecule has 0 N–H and O–H groups in total. The molecule has 0 amide bonds. The molecule has 31 heavy (non-hydrogen) atoms. The first-order chi connectivity index (χ1) is 15.0. The predicted octanol–water partition coefficient (Wildman–Crippen LogP) is 4.85. The van der Waals surface area contributed by atoms with Crippen LogP contribution in [-0.2, 0) is 12.3 Å². The maximum atomic E-state index is 13.1. The monoisotopic (exact) mass is 436 g/mol. The van der Waals surface area contributed by atoms with E-state index in [0.717, 1.165) is 17.4 Å². The zero-order valence-electron chi connectivity index (χ0n) is 17.8. The topological polar surface area (TPSA) is 74.3 Å². The average molecular weight is 437 g/mol. The normalized spacial score (nSPS) is 11.5. The van der Waals surface area contributed by atoms with Crippen molar-refractivity contribution in [3.05, 3.63) is 74.9 Å². The number of nitrogens with zero attached hydrogens (tertiary/aromatic N) is 2. The van der Waals surface area contributed by atoms with E-state index >= 15 is 0 Å². The van der Waals surface area contributed by atoms with Crippen LogP contribution in [0.4, 0.5) is 0 Å². The molecule has 0 aliphatic carbocycles. The van der Waals surface area contributed by atoms with Crippen LogP contribution in [0, 0.1) is 5.92 Å². The van der Waals surface area contributed by atoms with E-state index in [1.54, 1.807) is 17.7 Å². The maximum Gasteiger partial charge on any atom is 0.336 e. The Labute approximate surface area is 183 Å². The van der Waals surface area contributed by atoms with Gasteiger partial charge in [-0.15, -0.1) is 0 Å². The molecule has 2 aromatic heterocycles. The van der Waals surface area contributed by atoms with E-state index in [9.17, 15) is 9.59 Å². The lowest BCUT2D eigenvalue weighted by Crippen LogP contribution is -2.24. The molecule has 0 radical (unpaired) electrons. The van der Waals surface area contributed by atoms with Crippen LogP contribution in [0.15, 0.2) is 67.7 Å². The summed E-state index contributed by atoms with van der Waals surface area (Å²) in [5, 5.41) is 2.11. The highest BCUT2D eigenvalue weighted by molar-refractivity contribution is 7.98. The molecule has 0 bridgehead atoms. The number of thioether (sulfide) groups is 1. The molecule has 7 heteroatoms. The standard InChI is InChI=1S/C24H24N2O4S/c1-15(2)10-11-26-23(28)19-6-4-5-7-20(19)25-24(26)31-14-16-12-22(27)30-21-13-17(29-3)8-9-18(16)21/h4-9,12-13,15H,10-11,14H2,1-3H3. The van der Waals surface area contributed by atoms with Crippen molar-refractivity contribution >= 4 is 33.6 Å². The van der Waals surface area contributed by atoms with Crippen molar-refractivity contribution in [2.75, 3.05) is 7.11 Å². The van der Waals surface area contributed by atoms with Crippen molar-refractivity contribution in [1.29, 1.82) is 0 Å². The van der Waals surface area contributed by atoms with E-state index in [1.807, 2.05) is 36.4 Å². The van der Waals surface area contributed by atoms with Gasteiger partial charge in [-0.2, -0.15) is 0 Å². The Morgan fingerprint density at radius 3 is 2.68 bits per heavy atom. The summed E-state index contributed by atoms with van der Waals surface area (Å²) in [6.45, 7) is 4.87. The third-order valence-electron chi connectivity index (χ3n) is 5.15. The number of rotatable bonds is 7. The van der Waals surface area contributed by atoms with E-state index in [1.165, 1.54) is 17.8 Å². The lowest BCUT2D eigenvalue weighted by molar-refractivity contribution is 0.414. The molecule has 160 valence electrons. The first kappa shape index (κ1) is 21.2. The Hall–Kier alpha value is -3.06. The van der Waals surface area contributed by atoms with Crippen molar-refractivity contribution in [2.24, 2.45) is 5.92 Å². The summed E-state index contributed by atoms with van der Waals surface area (Å²) in [7, 11) is 1.57. The molecule has 0 fully saturated rings. The van der Waals surface area contributed by atoms with Crippen molar-refractivity contribution in [3.63, 3.8) is 0 Å². The van der Waals surface area contributed by atoms with Crippen molar-refractivity contribution in [1.82, 2.24) is 9.55 Å². The van der Waals surface area contributed by atoms with Gasteiger partial charge < -0.3 is 9.15 Å². The second-order valence-corrected chi connectivity index (χ2v) is 8.73. The molecular weight excluding hydrogens is 412 g/mol. The Kier molecular flexibility index (Phi) is 6.13. The fraction of sp³-hybridized carbons (Fsp3) is 0.292. The number of benzene rings is 2. The molecule has 0 unspecified atom stereocenters. The summed E-state index contributed by atoms with van der Waals surface area (Å²) in [5.41, 5.74) is 1.54. The molecule has 0 atom stereocenters. The van der Waals surface area contributed by atoms with Gasteiger partial charge in [-0.1, -0.05) is 37.7 Å². The van der Waals surface area contributed by atoms with Gasteiger partial charge in [0.1, 0.15) is 11.3 Å². The van der Waals surface area contributed by atoms with Gasteiger partial charge >= 0.3 is 5.63 Å². The molecule has 0 aliphatic heterocycles. The Bertz CT molecular complexity index is 1360. The molecule has 4 rings (SSSR count). The summed E-state index contributed by atoms with van der Waals surface area (Å²) in [4.78, 5) is 30.0. The van der Waals surface area contributed by atoms with Crippen LogP contribution >= 0.6 is 11.8 Å². The van der Waals surface area contributed by atoms with Crippen LogP contribution in [0.25, 0.3) is 21.9 Å². The molecule has 6 nitrogen and oxygen atoms in total. The Balaban J connectivity index is 1.74. The number of methoxy groups -OCH3 is 1. The van der Waals surface area contributed by atoms with Crippen LogP contribution in [0.5, 0.6) is 5.75 Å². The van der Waals surface area contributed by atoms with E-state index in [2.05, 4.69) is 13.8 Å². The number of fused-ring (bicyclic) bond motifs is 2. The zero-order chi connectivity index (χ0) is 22.0. The maximum absolute atomic E-state index is 13.1. The summed E-state index contributed by atoms with van der Waals surface area (Å²) in [5.74, 6) is 1.58. The minimum atomic E-state index is -0.417. The molecule has 0 saturated carbocycles. The fourth-order valence-electron chi connectivity index (χ4n) is 3.44. The number of hydrogen-bond donors (Lipinski definition) is 0. The first-order valence-electron chi connectivity index (χ1n) is 10.2.